The highest BCUT2D eigenvalue weighted by atomic mass is 79.9. The number of rotatable bonds is 4. The number of halogens is 2. The number of aryl methyl sites for hydroxylation is 1. The van der Waals surface area contributed by atoms with Crippen molar-refractivity contribution < 1.29 is 9.50 Å². The van der Waals surface area contributed by atoms with Gasteiger partial charge in [0, 0.05) is 17.7 Å². The largest absolute Gasteiger partial charge is 0.386 e. The molecule has 7 heteroatoms. The predicted octanol–water partition coefficient (Wildman–Crippen LogP) is 2.54. The van der Waals surface area contributed by atoms with E-state index in [1.54, 1.807) is 19.2 Å². The second-order valence-electron chi connectivity index (χ2n) is 3.67. The lowest BCUT2D eigenvalue weighted by molar-refractivity contribution is 0.193. The summed E-state index contributed by atoms with van der Waals surface area (Å²) in [5, 5.41) is 17.7. The van der Waals surface area contributed by atoms with Crippen LogP contribution in [0, 0.1) is 5.82 Å². The molecule has 1 atom stereocenters. The minimum absolute atomic E-state index is 0.265. The number of hydrogen-bond acceptors (Lipinski definition) is 4. The van der Waals surface area contributed by atoms with E-state index in [1.807, 2.05) is 0 Å². The maximum absolute atomic E-state index is 12.7. The van der Waals surface area contributed by atoms with E-state index in [-0.39, 0.29) is 5.82 Å². The molecule has 1 aromatic carbocycles. The van der Waals surface area contributed by atoms with Gasteiger partial charge in [-0.05, 0) is 40.2 Å². The van der Waals surface area contributed by atoms with Crippen molar-refractivity contribution in [2.75, 3.05) is 5.75 Å². The molecule has 0 amide bonds. The lowest BCUT2D eigenvalue weighted by Crippen LogP contribution is -2.08. The van der Waals surface area contributed by atoms with Gasteiger partial charge in [0.05, 0.1) is 0 Å². The maximum atomic E-state index is 12.7. The first-order valence-corrected chi connectivity index (χ1v) is 6.97. The van der Waals surface area contributed by atoms with Gasteiger partial charge in [-0.1, -0.05) is 5.21 Å². The zero-order chi connectivity index (χ0) is 13.1. The van der Waals surface area contributed by atoms with Crippen molar-refractivity contribution in [1.29, 1.82) is 0 Å². The number of aliphatic hydroxyl groups is 1. The zero-order valence-electron chi connectivity index (χ0n) is 9.55. The Morgan fingerprint density at radius 2 is 2.11 bits per heavy atom. The van der Waals surface area contributed by atoms with E-state index in [2.05, 4.69) is 26.2 Å². The number of benzene rings is 1. The van der Waals surface area contributed by atoms with E-state index in [9.17, 15) is 9.50 Å². The first kappa shape index (κ1) is 13.5. The summed E-state index contributed by atoms with van der Waals surface area (Å²) in [6.07, 6.45) is -0.686. The maximum Gasteiger partial charge on any atom is 0.154 e. The highest BCUT2D eigenvalue weighted by molar-refractivity contribution is 9.10. The molecule has 96 valence electrons. The summed E-state index contributed by atoms with van der Waals surface area (Å²) in [7, 11) is 1.72. The van der Waals surface area contributed by atoms with Crippen LogP contribution in [0.3, 0.4) is 0 Å². The monoisotopic (exact) mass is 331 g/mol. The summed E-state index contributed by atoms with van der Waals surface area (Å²) >= 11 is 4.69. The molecule has 0 fully saturated rings. The van der Waals surface area contributed by atoms with Crippen molar-refractivity contribution in [3.63, 3.8) is 0 Å². The van der Waals surface area contributed by atoms with Gasteiger partial charge in [0.25, 0.3) is 0 Å². The van der Waals surface area contributed by atoms with Gasteiger partial charge < -0.3 is 5.11 Å². The third kappa shape index (κ3) is 3.09. The van der Waals surface area contributed by atoms with Crippen LogP contribution in [0.4, 0.5) is 4.39 Å². The van der Waals surface area contributed by atoms with Crippen molar-refractivity contribution >= 4 is 27.7 Å². The molecule has 2 aromatic rings. The molecular weight excluding hydrogens is 321 g/mol. The smallest absolute Gasteiger partial charge is 0.154 e. The van der Waals surface area contributed by atoms with Gasteiger partial charge in [0.2, 0.25) is 0 Å². The van der Waals surface area contributed by atoms with Crippen LogP contribution in [-0.2, 0) is 7.05 Å². The fourth-order valence-electron chi connectivity index (χ4n) is 1.48. The average molecular weight is 332 g/mol. The summed E-state index contributed by atoms with van der Waals surface area (Å²) in [5.41, 5.74) is 0.629. The lowest BCUT2D eigenvalue weighted by atomic mass is 10.3. The number of aliphatic hydroxyl groups excluding tert-OH is 1. The van der Waals surface area contributed by atoms with Crippen LogP contribution in [-0.4, -0.2) is 25.9 Å². The molecule has 0 radical (unpaired) electrons. The second kappa shape index (κ2) is 5.81. The molecule has 0 aliphatic heterocycles. The molecule has 1 heterocycles. The molecule has 0 aliphatic carbocycles. The van der Waals surface area contributed by atoms with E-state index in [1.165, 1.54) is 28.6 Å². The van der Waals surface area contributed by atoms with Crippen LogP contribution < -0.4 is 0 Å². The van der Waals surface area contributed by atoms with Gasteiger partial charge in [0.15, 0.2) is 4.60 Å². The highest BCUT2D eigenvalue weighted by Crippen LogP contribution is 2.27. The molecule has 1 unspecified atom stereocenters. The first-order valence-electron chi connectivity index (χ1n) is 5.19. The van der Waals surface area contributed by atoms with Gasteiger partial charge >= 0.3 is 0 Å². The van der Waals surface area contributed by atoms with Crippen molar-refractivity contribution in [3.8, 4) is 0 Å². The Bertz CT molecular complexity index is 512. The Morgan fingerprint density at radius 3 is 2.67 bits per heavy atom. The van der Waals surface area contributed by atoms with E-state index in [0.29, 0.717) is 16.0 Å². The molecule has 4 nitrogen and oxygen atoms in total. The van der Waals surface area contributed by atoms with Gasteiger partial charge in [-0.25, -0.2) is 9.07 Å². The van der Waals surface area contributed by atoms with E-state index < -0.39 is 6.10 Å². The van der Waals surface area contributed by atoms with E-state index >= 15 is 0 Å². The first-order chi connectivity index (χ1) is 8.58. The van der Waals surface area contributed by atoms with Crippen LogP contribution in [0.1, 0.15) is 11.8 Å². The molecule has 1 N–H and O–H groups in total. The Hall–Kier alpha value is -0.920. The summed E-state index contributed by atoms with van der Waals surface area (Å²) in [5.74, 6) is 0.185. The third-order valence-corrected chi connectivity index (χ3v) is 4.02. The topological polar surface area (TPSA) is 50.9 Å². The van der Waals surface area contributed by atoms with Crippen molar-refractivity contribution in [3.05, 3.63) is 40.4 Å². The molecule has 0 spiro atoms. The fourth-order valence-corrected chi connectivity index (χ4v) is 2.91. The normalized spacial score (nSPS) is 12.7. The third-order valence-electron chi connectivity index (χ3n) is 2.36. The predicted molar refractivity (Wildman–Crippen MR) is 70.8 cm³/mol. The molecule has 0 saturated carbocycles. The summed E-state index contributed by atoms with van der Waals surface area (Å²) in [4.78, 5) is 0.904. The second-order valence-corrected chi connectivity index (χ2v) is 5.51. The standard InChI is InChI=1S/C11H11BrFN3OS/c1-16-10(11(12)14-15-16)9(17)6-18-8-4-2-7(13)3-5-8/h2-5,9,17H,6H2,1H3. The highest BCUT2D eigenvalue weighted by Gasteiger charge is 2.17. The Kier molecular flexibility index (Phi) is 4.36. The van der Waals surface area contributed by atoms with Gasteiger partial charge in [-0.2, -0.15) is 0 Å². The van der Waals surface area contributed by atoms with E-state index in [0.717, 1.165) is 4.90 Å². The lowest BCUT2D eigenvalue weighted by Gasteiger charge is -2.10. The Labute approximate surface area is 116 Å². The fraction of sp³-hybridized carbons (Fsp3) is 0.273. The summed E-state index contributed by atoms with van der Waals surface area (Å²) in [6, 6.07) is 6.17. The Balaban J connectivity index is 2.00. The molecule has 0 saturated heterocycles. The Morgan fingerprint density at radius 1 is 1.44 bits per heavy atom. The molecule has 0 bridgehead atoms. The summed E-state index contributed by atoms with van der Waals surface area (Å²) in [6.45, 7) is 0. The van der Waals surface area contributed by atoms with Crippen LogP contribution in [0.25, 0.3) is 0 Å². The van der Waals surface area contributed by atoms with E-state index in [4.69, 9.17) is 0 Å². The average Bonchev–Trinajstić information content (AvgIpc) is 2.68. The van der Waals surface area contributed by atoms with Crippen LogP contribution in [0.15, 0.2) is 33.8 Å². The number of aromatic nitrogens is 3. The van der Waals surface area contributed by atoms with Crippen molar-refractivity contribution in [2.45, 2.75) is 11.0 Å². The number of nitrogens with zero attached hydrogens (tertiary/aromatic N) is 3. The quantitative estimate of drug-likeness (QED) is 0.875. The van der Waals surface area contributed by atoms with Gasteiger partial charge in [0.1, 0.15) is 17.6 Å². The SMILES string of the molecule is Cn1nnc(Br)c1C(O)CSc1ccc(F)cc1. The van der Waals surface area contributed by atoms with Crippen molar-refractivity contribution in [2.24, 2.45) is 7.05 Å². The van der Waals surface area contributed by atoms with Crippen LogP contribution in [0.5, 0.6) is 0 Å². The van der Waals surface area contributed by atoms with Crippen LogP contribution >= 0.6 is 27.7 Å². The van der Waals surface area contributed by atoms with Gasteiger partial charge in [-0.15, -0.1) is 16.9 Å². The molecule has 0 aliphatic rings. The minimum atomic E-state index is -0.686. The van der Waals surface area contributed by atoms with Crippen LogP contribution in [0.2, 0.25) is 0 Å². The van der Waals surface area contributed by atoms with Crippen molar-refractivity contribution in [1.82, 2.24) is 15.0 Å². The number of thioether (sulfide) groups is 1. The molecule has 1 aromatic heterocycles. The minimum Gasteiger partial charge on any atom is -0.386 e. The summed E-state index contributed by atoms with van der Waals surface area (Å²) < 4.78 is 14.8. The molecular formula is C11H11BrFN3OS. The molecule has 2 rings (SSSR count). The molecule has 18 heavy (non-hydrogen) atoms. The van der Waals surface area contributed by atoms with Gasteiger partial charge in [-0.3, -0.25) is 0 Å². The zero-order valence-corrected chi connectivity index (χ0v) is 11.9. The number of hydrogen-bond donors (Lipinski definition) is 1.